The van der Waals surface area contributed by atoms with Crippen LogP contribution in [-0.4, -0.2) is 27.7 Å². The molecule has 8 heteroatoms. The molecule has 1 aliphatic heterocycles. The van der Waals surface area contributed by atoms with Crippen LogP contribution in [-0.2, 0) is 13.8 Å². The van der Waals surface area contributed by atoms with E-state index >= 15 is 0 Å². The summed E-state index contributed by atoms with van der Waals surface area (Å²) >= 11 is 9.16. The average Bonchev–Trinajstić information content (AvgIpc) is 2.72. The Kier molecular flexibility index (Phi) is 4.44. The normalized spacial score (nSPS) is 20.1. The molecule has 18 heavy (non-hydrogen) atoms. The Morgan fingerprint density at radius 1 is 1.44 bits per heavy atom. The number of ether oxygens (including phenoxy) is 2. The maximum Gasteiger partial charge on any atom is 0.265 e. The number of hydrogen-bond acceptors (Lipinski definition) is 4. The number of benzene rings is 1. The van der Waals surface area contributed by atoms with Gasteiger partial charge in [-0.2, -0.15) is 0 Å². The van der Waals surface area contributed by atoms with E-state index in [2.05, 4.69) is 15.9 Å². The van der Waals surface area contributed by atoms with Gasteiger partial charge in [0.15, 0.2) is 5.75 Å². The highest BCUT2D eigenvalue weighted by Crippen LogP contribution is 2.38. The molecule has 1 aromatic carbocycles. The lowest BCUT2D eigenvalue weighted by Crippen LogP contribution is -2.17. The monoisotopic (exact) mass is 374 g/mol. The van der Waals surface area contributed by atoms with E-state index in [1.807, 2.05) is 0 Å². The maximum atomic E-state index is 11.5. The van der Waals surface area contributed by atoms with Crippen molar-refractivity contribution < 1.29 is 17.9 Å². The SMILES string of the molecule is O=S(=O)(Cl)c1cc(Br)cc(Cl)c1OC1CCOC1. The maximum absolute atomic E-state index is 11.5. The van der Waals surface area contributed by atoms with E-state index in [0.717, 1.165) is 0 Å². The lowest BCUT2D eigenvalue weighted by molar-refractivity contribution is 0.139. The molecule has 0 saturated carbocycles. The van der Waals surface area contributed by atoms with Gasteiger partial charge in [-0.1, -0.05) is 27.5 Å². The smallest absolute Gasteiger partial charge is 0.265 e. The van der Waals surface area contributed by atoms with Gasteiger partial charge in [-0.05, 0) is 12.1 Å². The fourth-order valence-corrected chi connectivity index (χ4v) is 3.66. The second-order valence-electron chi connectivity index (χ2n) is 3.76. The minimum Gasteiger partial charge on any atom is -0.485 e. The largest absolute Gasteiger partial charge is 0.485 e. The first kappa shape index (κ1) is 14.4. The molecule has 1 aliphatic rings. The molecule has 1 heterocycles. The van der Waals surface area contributed by atoms with Gasteiger partial charge in [-0.15, -0.1) is 0 Å². The molecule has 1 fully saturated rings. The highest BCUT2D eigenvalue weighted by Gasteiger charge is 2.25. The zero-order chi connectivity index (χ0) is 13.3. The Balaban J connectivity index is 2.43. The summed E-state index contributed by atoms with van der Waals surface area (Å²) in [7, 11) is 1.45. The van der Waals surface area contributed by atoms with Crippen molar-refractivity contribution in [1.29, 1.82) is 0 Å². The van der Waals surface area contributed by atoms with Gasteiger partial charge in [-0.25, -0.2) is 8.42 Å². The molecule has 0 aromatic heterocycles. The lowest BCUT2D eigenvalue weighted by atomic mass is 10.3. The van der Waals surface area contributed by atoms with E-state index in [9.17, 15) is 8.42 Å². The molecule has 0 radical (unpaired) electrons. The lowest BCUT2D eigenvalue weighted by Gasteiger charge is -2.16. The summed E-state index contributed by atoms with van der Waals surface area (Å²) < 4.78 is 34.3. The predicted molar refractivity (Wildman–Crippen MR) is 72.0 cm³/mol. The molecule has 0 N–H and O–H groups in total. The van der Waals surface area contributed by atoms with E-state index in [1.165, 1.54) is 6.07 Å². The quantitative estimate of drug-likeness (QED) is 0.761. The number of halogens is 3. The van der Waals surface area contributed by atoms with Gasteiger partial charge in [0.25, 0.3) is 9.05 Å². The third-order valence-corrected chi connectivity index (χ3v) is 4.48. The van der Waals surface area contributed by atoms with Crippen LogP contribution < -0.4 is 4.74 Å². The molecule has 0 aliphatic carbocycles. The summed E-state index contributed by atoms with van der Waals surface area (Å²) in [5.41, 5.74) is 0. The van der Waals surface area contributed by atoms with Gasteiger partial charge < -0.3 is 9.47 Å². The second-order valence-corrected chi connectivity index (χ2v) is 7.61. The van der Waals surface area contributed by atoms with Gasteiger partial charge in [0.1, 0.15) is 11.0 Å². The number of rotatable bonds is 3. The summed E-state index contributed by atoms with van der Waals surface area (Å²) in [6.45, 7) is 0.996. The molecular weight excluding hydrogens is 367 g/mol. The second kappa shape index (κ2) is 5.54. The zero-order valence-corrected chi connectivity index (χ0v) is 12.9. The van der Waals surface area contributed by atoms with E-state index in [-0.39, 0.29) is 21.8 Å². The third-order valence-electron chi connectivity index (χ3n) is 2.41. The van der Waals surface area contributed by atoms with Crippen LogP contribution >= 0.6 is 38.2 Å². The fraction of sp³-hybridized carbons (Fsp3) is 0.400. The van der Waals surface area contributed by atoms with E-state index in [4.69, 9.17) is 31.8 Å². The van der Waals surface area contributed by atoms with Crippen LogP contribution in [0, 0.1) is 0 Å². The molecule has 0 amide bonds. The summed E-state index contributed by atoms with van der Waals surface area (Å²) in [6.07, 6.45) is 0.481. The van der Waals surface area contributed by atoms with Crippen LogP contribution in [0.2, 0.25) is 5.02 Å². The molecular formula is C10H9BrCl2O4S. The Hall–Kier alpha value is -0.0100. The molecule has 1 atom stereocenters. The van der Waals surface area contributed by atoms with E-state index < -0.39 is 9.05 Å². The Labute approximate surface area is 123 Å². The third kappa shape index (κ3) is 3.30. The standard InChI is InChI=1S/C10H9BrCl2O4S/c11-6-3-8(12)10(9(4-6)18(13,14)15)17-7-1-2-16-5-7/h3-4,7H,1-2,5H2. The molecule has 1 saturated heterocycles. The molecule has 0 bridgehead atoms. The van der Waals surface area contributed by atoms with Crippen LogP contribution in [0.1, 0.15) is 6.42 Å². The first-order chi connectivity index (χ1) is 8.38. The van der Waals surface area contributed by atoms with Crippen molar-refractivity contribution in [2.75, 3.05) is 13.2 Å². The molecule has 2 rings (SSSR count). The van der Waals surface area contributed by atoms with Gasteiger partial charge in [-0.3, -0.25) is 0 Å². The summed E-state index contributed by atoms with van der Waals surface area (Å²) in [5.74, 6) is 0.0744. The van der Waals surface area contributed by atoms with Gasteiger partial charge >= 0.3 is 0 Å². The van der Waals surface area contributed by atoms with Crippen molar-refractivity contribution >= 4 is 47.3 Å². The van der Waals surface area contributed by atoms with Crippen LogP contribution in [0.25, 0.3) is 0 Å². The van der Waals surface area contributed by atoms with Crippen LogP contribution in [0.15, 0.2) is 21.5 Å². The fourth-order valence-electron chi connectivity index (χ4n) is 1.60. The van der Waals surface area contributed by atoms with Crippen molar-refractivity contribution in [3.63, 3.8) is 0 Å². The minimum atomic E-state index is -3.93. The Morgan fingerprint density at radius 3 is 2.72 bits per heavy atom. The predicted octanol–water partition coefficient (Wildman–Crippen LogP) is 3.20. The van der Waals surface area contributed by atoms with Crippen molar-refractivity contribution in [2.45, 2.75) is 17.4 Å². The van der Waals surface area contributed by atoms with Crippen molar-refractivity contribution in [3.8, 4) is 5.75 Å². The number of hydrogen-bond donors (Lipinski definition) is 0. The van der Waals surface area contributed by atoms with Crippen LogP contribution in [0.3, 0.4) is 0 Å². The minimum absolute atomic E-state index is 0.0744. The molecule has 1 aromatic rings. The first-order valence-electron chi connectivity index (χ1n) is 5.06. The Bertz CT molecular complexity index is 555. The molecule has 1 unspecified atom stereocenters. The van der Waals surface area contributed by atoms with Crippen LogP contribution in [0.4, 0.5) is 0 Å². The summed E-state index contributed by atoms with van der Waals surface area (Å²) in [6, 6.07) is 2.91. The van der Waals surface area contributed by atoms with E-state index in [1.54, 1.807) is 6.07 Å². The van der Waals surface area contributed by atoms with Gasteiger partial charge in [0.2, 0.25) is 0 Å². The molecule has 4 nitrogen and oxygen atoms in total. The highest BCUT2D eigenvalue weighted by molar-refractivity contribution is 9.10. The first-order valence-corrected chi connectivity index (χ1v) is 8.54. The van der Waals surface area contributed by atoms with Gasteiger partial charge in [0.05, 0.1) is 18.2 Å². The summed E-state index contributed by atoms with van der Waals surface area (Å²) in [5, 5.41) is 0.190. The van der Waals surface area contributed by atoms with Crippen molar-refractivity contribution in [1.82, 2.24) is 0 Å². The average molecular weight is 376 g/mol. The van der Waals surface area contributed by atoms with Crippen molar-refractivity contribution in [2.24, 2.45) is 0 Å². The summed E-state index contributed by atoms with van der Waals surface area (Å²) in [4.78, 5) is -0.143. The van der Waals surface area contributed by atoms with Crippen molar-refractivity contribution in [3.05, 3.63) is 21.6 Å². The van der Waals surface area contributed by atoms with E-state index in [0.29, 0.717) is 24.1 Å². The Morgan fingerprint density at radius 2 is 2.17 bits per heavy atom. The highest BCUT2D eigenvalue weighted by atomic mass is 79.9. The van der Waals surface area contributed by atoms with Gasteiger partial charge in [0, 0.05) is 21.6 Å². The zero-order valence-electron chi connectivity index (χ0n) is 9.03. The molecule has 100 valence electrons. The topological polar surface area (TPSA) is 52.6 Å². The molecule has 0 spiro atoms. The van der Waals surface area contributed by atoms with Crippen LogP contribution in [0.5, 0.6) is 5.75 Å².